The maximum absolute atomic E-state index is 9.19. The molecular weight excluding hydrogens is 430 g/mol. The first-order chi connectivity index (χ1) is 17.1. The summed E-state index contributed by atoms with van der Waals surface area (Å²) in [5.74, 6) is 2.30. The third-order valence-electron chi connectivity index (χ3n) is 6.66. The molecule has 1 heterocycles. The lowest BCUT2D eigenvalue weighted by atomic mass is 9.92. The summed E-state index contributed by atoms with van der Waals surface area (Å²) in [6.45, 7) is 8.00. The smallest absolute Gasteiger partial charge is 0.119 e. The van der Waals surface area contributed by atoms with E-state index in [4.69, 9.17) is 4.74 Å². The van der Waals surface area contributed by atoms with Gasteiger partial charge in [0.15, 0.2) is 0 Å². The molecule has 3 aromatic carbocycles. The quantitative estimate of drug-likeness (QED) is 0.401. The molecule has 3 heteroatoms. The molecule has 0 radical (unpaired) electrons. The second-order valence-corrected chi connectivity index (χ2v) is 9.76. The van der Waals surface area contributed by atoms with Crippen molar-refractivity contribution < 1.29 is 9.84 Å². The lowest BCUT2D eigenvalue weighted by Crippen LogP contribution is -2.32. The number of aromatic hydroxyl groups is 1. The first-order valence-electron chi connectivity index (χ1n) is 13.4. The Morgan fingerprint density at radius 3 is 2.17 bits per heavy atom. The van der Waals surface area contributed by atoms with Gasteiger partial charge in [-0.1, -0.05) is 74.0 Å². The molecule has 0 saturated carbocycles. The molecule has 35 heavy (non-hydrogen) atoms. The van der Waals surface area contributed by atoms with Gasteiger partial charge in [0.05, 0.1) is 0 Å². The third kappa shape index (κ3) is 10.2. The fourth-order valence-electron chi connectivity index (χ4n) is 4.96. The number of aryl methyl sites for hydroxylation is 2. The molecule has 1 saturated heterocycles. The van der Waals surface area contributed by atoms with E-state index in [0.717, 1.165) is 24.6 Å². The zero-order valence-corrected chi connectivity index (χ0v) is 21.6. The molecule has 0 spiro atoms. The van der Waals surface area contributed by atoms with Gasteiger partial charge in [-0.15, -0.1) is 0 Å². The minimum absolute atomic E-state index is 0.271. The van der Waals surface area contributed by atoms with E-state index in [9.17, 15) is 5.11 Å². The molecule has 0 unspecified atom stereocenters. The van der Waals surface area contributed by atoms with Gasteiger partial charge in [0.2, 0.25) is 0 Å². The fraction of sp³-hybridized carbons (Fsp3) is 0.438. The van der Waals surface area contributed by atoms with E-state index in [1.165, 1.54) is 62.7 Å². The van der Waals surface area contributed by atoms with Crippen LogP contribution in [0.2, 0.25) is 0 Å². The van der Waals surface area contributed by atoms with Crippen LogP contribution in [0.3, 0.4) is 0 Å². The van der Waals surface area contributed by atoms with E-state index in [0.29, 0.717) is 5.75 Å². The number of likely N-dealkylation sites (tertiary alicyclic amines) is 1. The Balaban J connectivity index is 0.000000169. The number of benzene rings is 3. The molecule has 1 aliphatic carbocycles. The molecule has 2 aliphatic rings. The van der Waals surface area contributed by atoms with Gasteiger partial charge >= 0.3 is 0 Å². The summed E-state index contributed by atoms with van der Waals surface area (Å²) in [6.07, 6.45) is 9.24. The van der Waals surface area contributed by atoms with E-state index in [1.807, 2.05) is 78.9 Å². The second-order valence-electron chi connectivity index (χ2n) is 9.76. The number of rotatable bonds is 6. The fourth-order valence-corrected chi connectivity index (χ4v) is 4.96. The van der Waals surface area contributed by atoms with E-state index in [-0.39, 0.29) is 6.10 Å². The highest BCUT2D eigenvalue weighted by atomic mass is 16.5. The Morgan fingerprint density at radius 2 is 1.51 bits per heavy atom. The number of ether oxygens (including phenoxy) is 1. The van der Waals surface area contributed by atoms with Crippen molar-refractivity contribution in [1.29, 1.82) is 0 Å². The van der Waals surface area contributed by atoms with Gasteiger partial charge < -0.3 is 9.84 Å². The predicted octanol–water partition coefficient (Wildman–Crippen LogP) is 7.53. The first-order valence-corrected chi connectivity index (χ1v) is 13.4. The maximum atomic E-state index is 9.19. The van der Waals surface area contributed by atoms with Crippen LogP contribution in [-0.4, -0.2) is 35.7 Å². The number of phenols is 1. The minimum Gasteiger partial charge on any atom is -0.508 e. The average molecular weight is 474 g/mol. The molecule has 3 nitrogen and oxygen atoms in total. The summed E-state index contributed by atoms with van der Waals surface area (Å²) in [6, 6.07) is 27.8. The first kappa shape index (κ1) is 26.8. The van der Waals surface area contributed by atoms with Gasteiger partial charge in [-0.3, -0.25) is 4.90 Å². The molecular formula is C32H43NO2. The van der Waals surface area contributed by atoms with Crippen LogP contribution in [0.15, 0.2) is 84.9 Å². The third-order valence-corrected chi connectivity index (χ3v) is 6.66. The number of hydrogen-bond donors (Lipinski definition) is 1. The number of fused-ring (bicyclic) bond motifs is 1. The second kappa shape index (κ2) is 15.3. The molecule has 1 N–H and O–H groups in total. The van der Waals surface area contributed by atoms with Gasteiger partial charge in [0, 0.05) is 13.1 Å². The van der Waals surface area contributed by atoms with Crippen LogP contribution >= 0.6 is 0 Å². The van der Waals surface area contributed by atoms with Crippen LogP contribution in [0, 0.1) is 5.92 Å². The lowest BCUT2D eigenvalue weighted by Gasteiger charge is -2.22. The van der Waals surface area contributed by atoms with Gasteiger partial charge in [0.1, 0.15) is 17.6 Å². The maximum Gasteiger partial charge on any atom is 0.119 e. The largest absolute Gasteiger partial charge is 0.508 e. The molecule has 0 aromatic heterocycles. The zero-order valence-electron chi connectivity index (χ0n) is 21.6. The van der Waals surface area contributed by atoms with Crippen molar-refractivity contribution in [3.8, 4) is 11.5 Å². The Labute approximate surface area is 212 Å². The molecule has 5 rings (SSSR count). The normalized spacial score (nSPS) is 17.7. The Hall–Kier alpha value is -2.78. The number of nitrogens with zero attached hydrogens (tertiary/aromatic N) is 1. The summed E-state index contributed by atoms with van der Waals surface area (Å²) in [4.78, 5) is 2.55. The van der Waals surface area contributed by atoms with E-state index >= 15 is 0 Å². The summed E-state index contributed by atoms with van der Waals surface area (Å²) >= 11 is 0. The van der Waals surface area contributed by atoms with Crippen molar-refractivity contribution >= 4 is 0 Å². The van der Waals surface area contributed by atoms with Crippen molar-refractivity contribution in [2.24, 2.45) is 5.92 Å². The van der Waals surface area contributed by atoms with Gasteiger partial charge in [-0.25, -0.2) is 0 Å². The Morgan fingerprint density at radius 1 is 0.886 bits per heavy atom. The lowest BCUT2D eigenvalue weighted by molar-refractivity contribution is 0.159. The number of phenolic OH excluding ortho intramolecular Hbond substituents is 1. The van der Waals surface area contributed by atoms with E-state index in [1.54, 1.807) is 6.07 Å². The van der Waals surface area contributed by atoms with Crippen LogP contribution in [0.1, 0.15) is 57.1 Å². The van der Waals surface area contributed by atoms with Crippen molar-refractivity contribution in [1.82, 2.24) is 4.90 Å². The van der Waals surface area contributed by atoms with Crippen LogP contribution < -0.4 is 4.74 Å². The molecule has 1 fully saturated rings. The molecule has 1 aliphatic heterocycles. The molecule has 188 valence electrons. The minimum atomic E-state index is 0.271. The highest BCUT2D eigenvalue weighted by Crippen LogP contribution is 2.24. The van der Waals surface area contributed by atoms with Crippen LogP contribution in [-0.2, 0) is 12.8 Å². The summed E-state index contributed by atoms with van der Waals surface area (Å²) in [7, 11) is 0. The van der Waals surface area contributed by atoms with Crippen molar-refractivity contribution in [2.75, 3.05) is 19.6 Å². The highest BCUT2D eigenvalue weighted by molar-refractivity contribution is 5.36. The zero-order chi connectivity index (χ0) is 24.7. The molecule has 0 amide bonds. The van der Waals surface area contributed by atoms with Crippen LogP contribution in [0.5, 0.6) is 11.5 Å². The van der Waals surface area contributed by atoms with Gasteiger partial charge in [0.25, 0.3) is 0 Å². The molecule has 0 bridgehead atoms. The van der Waals surface area contributed by atoms with E-state index in [2.05, 4.69) is 18.7 Å². The van der Waals surface area contributed by atoms with Crippen LogP contribution in [0.4, 0.5) is 0 Å². The average Bonchev–Trinajstić information content (AvgIpc) is 3.33. The topological polar surface area (TPSA) is 32.7 Å². The van der Waals surface area contributed by atoms with Gasteiger partial charge in [-0.2, -0.15) is 0 Å². The Kier molecular flexibility index (Phi) is 11.7. The van der Waals surface area contributed by atoms with Crippen molar-refractivity contribution in [2.45, 2.75) is 64.9 Å². The van der Waals surface area contributed by atoms with E-state index < -0.39 is 0 Å². The Bertz CT molecular complexity index is 918. The van der Waals surface area contributed by atoms with Crippen LogP contribution in [0.25, 0.3) is 0 Å². The number of hydrogen-bond acceptors (Lipinski definition) is 3. The predicted molar refractivity (Wildman–Crippen MR) is 147 cm³/mol. The van der Waals surface area contributed by atoms with Gasteiger partial charge in [-0.05, 0) is 93.3 Å². The van der Waals surface area contributed by atoms with Crippen molar-refractivity contribution in [3.63, 3.8) is 0 Å². The summed E-state index contributed by atoms with van der Waals surface area (Å²) in [5.41, 5.74) is 2.77. The number of para-hydroxylation sites is 1. The molecule has 2 atom stereocenters. The summed E-state index contributed by atoms with van der Waals surface area (Å²) in [5, 5.41) is 9.19. The van der Waals surface area contributed by atoms with Crippen molar-refractivity contribution in [3.05, 3.63) is 96.1 Å². The highest BCUT2D eigenvalue weighted by Gasteiger charge is 2.23. The SMILES string of the molecule is CCC[C@@H]1CCN(C[C@@H](C)Oc2ccccc2)C1.Oc1ccc2c(c1)CCCC2.c1ccccc1. The monoisotopic (exact) mass is 473 g/mol. The molecule has 3 aromatic rings. The standard InChI is InChI=1S/C16H25NO.C10H12O.C6H6/c1-3-7-15-10-11-17(13-15)12-14(2)18-16-8-5-4-6-9-16;11-10-6-5-8-3-1-2-4-9(8)7-10;1-2-4-6-5-3-1/h4-6,8-9,14-15H,3,7,10-13H2,1-2H3;5-7,11H,1-4H2;1-6H/t14-,15-;;/m1../s1. The summed E-state index contributed by atoms with van der Waals surface area (Å²) < 4.78 is 5.93.